The van der Waals surface area contributed by atoms with Crippen molar-refractivity contribution < 1.29 is 4.79 Å². The molecule has 6 rings (SSSR count). The number of rotatable bonds is 6. The largest absolute Gasteiger partial charge is 0.299 e. The van der Waals surface area contributed by atoms with E-state index in [1.54, 1.807) is 0 Å². The predicted octanol–water partition coefficient (Wildman–Crippen LogP) is 3.88. The van der Waals surface area contributed by atoms with Crippen LogP contribution in [0.1, 0.15) is 34.9 Å². The average molecular weight is 477 g/mol. The van der Waals surface area contributed by atoms with Crippen molar-refractivity contribution >= 4 is 5.78 Å². The fourth-order valence-electron chi connectivity index (χ4n) is 5.81. The summed E-state index contributed by atoms with van der Waals surface area (Å²) in [6, 6.07) is 23.5. The molecule has 0 radical (unpaired) electrons. The van der Waals surface area contributed by atoms with E-state index in [1.165, 1.54) is 0 Å². The topological polar surface area (TPSA) is 75.1 Å². The van der Waals surface area contributed by atoms with Crippen molar-refractivity contribution in [1.29, 1.82) is 0 Å². The van der Waals surface area contributed by atoms with Gasteiger partial charge in [-0.05, 0) is 48.5 Å². The molecule has 0 aromatic carbocycles. The molecule has 0 N–H and O–H groups in total. The lowest BCUT2D eigenvalue weighted by Crippen LogP contribution is -2.60. The summed E-state index contributed by atoms with van der Waals surface area (Å²) in [5.41, 5.74) is 3.80. The van der Waals surface area contributed by atoms with Crippen LogP contribution in [0.2, 0.25) is 0 Å². The van der Waals surface area contributed by atoms with Gasteiger partial charge in [0.25, 0.3) is 0 Å². The summed E-state index contributed by atoms with van der Waals surface area (Å²) in [6.45, 7) is 2.66. The minimum atomic E-state index is -0.203. The standard InChI is InChI=1S/C29H28N6O/c36-29-23-19-34(17-21-9-1-5-13-30-21)20-24(29)28(26-12-4-8-16-33-26)35(18-22-10-2-6-14-31-22)27(23)25-11-3-7-15-32-25/h1-16,23-24,27-28H,17-20H2. The number of fused-ring (bicyclic) bond motifs is 2. The first-order valence-electron chi connectivity index (χ1n) is 12.4. The highest BCUT2D eigenvalue weighted by Crippen LogP contribution is 2.48. The van der Waals surface area contributed by atoms with E-state index in [0.29, 0.717) is 32.0 Å². The minimum Gasteiger partial charge on any atom is -0.299 e. The van der Waals surface area contributed by atoms with Crippen molar-refractivity contribution in [1.82, 2.24) is 29.7 Å². The van der Waals surface area contributed by atoms with Crippen LogP contribution in [-0.4, -0.2) is 48.6 Å². The van der Waals surface area contributed by atoms with Gasteiger partial charge in [-0.15, -0.1) is 0 Å². The van der Waals surface area contributed by atoms with E-state index >= 15 is 0 Å². The zero-order valence-electron chi connectivity index (χ0n) is 20.0. The zero-order chi connectivity index (χ0) is 24.3. The first-order chi connectivity index (χ1) is 17.8. The molecule has 2 fully saturated rings. The van der Waals surface area contributed by atoms with Gasteiger partial charge >= 0.3 is 0 Å². The Balaban J connectivity index is 1.45. The number of nitrogens with zero attached hydrogens (tertiary/aromatic N) is 6. The molecule has 2 bridgehead atoms. The van der Waals surface area contributed by atoms with Gasteiger partial charge in [-0.1, -0.05) is 24.3 Å². The van der Waals surface area contributed by atoms with Crippen LogP contribution in [0.5, 0.6) is 0 Å². The number of likely N-dealkylation sites (tertiary alicyclic amines) is 2. The average Bonchev–Trinajstić information content (AvgIpc) is 2.92. The Morgan fingerprint density at radius 1 is 0.611 bits per heavy atom. The van der Waals surface area contributed by atoms with E-state index in [-0.39, 0.29) is 23.9 Å². The third-order valence-electron chi connectivity index (χ3n) is 7.28. The molecule has 4 aromatic rings. The van der Waals surface area contributed by atoms with Crippen LogP contribution in [0.3, 0.4) is 0 Å². The fraction of sp³-hybridized carbons (Fsp3) is 0.276. The molecule has 4 unspecified atom stereocenters. The third kappa shape index (κ3) is 4.43. The first kappa shape index (κ1) is 22.6. The van der Waals surface area contributed by atoms with Crippen molar-refractivity contribution in [3.05, 3.63) is 120 Å². The number of pyridine rings is 4. The van der Waals surface area contributed by atoms with Gasteiger partial charge in [0.2, 0.25) is 0 Å². The molecule has 0 aliphatic carbocycles. The molecule has 7 heteroatoms. The van der Waals surface area contributed by atoms with Crippen LogP contribution in [0, 0.1) is 11.8 Å². The molecule has 4 aromatic heterocycles. The van der Waals surface area contributed by atoms with E-state index < -0.39 is 0 Å². The fourth-order valence-corrected chi connectivity index (χ4v) is 5.81. The lowest BCUT2D eigenvalue weighted by Gasteiger charge is -2.53. The maximum Gasteiger partial charge on any atom is 0.145 e. The Hall–Kier alpha value is -3.81. The lowest BCUT2D eigenvalue weighted by atomic mass is 9.71. The first-order valence-corrected chi connectivity index (χ1v) is 12.4. The number of piperidine rings is 2. The lowest BCUT2D eigenvalue weighted by molar-refractivity contribution is -0.150. The predicted molar refractivity (Wildman–Crippen MR) is 135 cm³/mol. The Kier molecular flexibility index (Phi) is 6.32. The van der Waals surface area contributed by atoms with Gasteiger partial charge in [0, 0.05) is 51.0 Å². The van der Waals surface area contributed by atoms with Gasteiger partial charge in [-0.2, -0.15) is 0 Å². The van der Waals surface area contributed by atoms with E-state index in [2.05, 4.69) is 19.8 Å². The summed E-state index contributed by atoms with van der Waals surface area (Å²) in [5, 5.41) is 0. The highest BCUT2D eigenvalue weighted by atomic mass is 16.1. The summed E-state index contributed by atoms with van der Waals surface area (Å²) in [6.07, 6.45) is 7.28. The molecule has 36 heavy (non-hydrogen) atoms. The van der Waals surface area contributed by atoms with Crippen LogP contribution in [0.15, 0.2) is 97.6 Å². The van der Waals surface area contributed by atoms with Gasteiger partial charge in [0.05, 0.1) is 46.7 Å². The second kappa shape index (κ2) is 10.0. The number of ketones is 1. The van der Waals surface area contributed by atoms with Crippen molar-refractivity contribution in [2.45, 2.75) is 25.2 Å². The van der Waals surface area contributed by atoms with Crippen molar-refractivity contribution in [2.24, 2.45) is 11.8 Å². The summed E-state index contributed by atoms with van der Waals surface area (Å²) < 4.78 is 0. The maximum atomic E-state index is 14.0. The molecule has 4 atom stereocenters. The number of hydrogen-bond donors (Lipinski definition) is 0. The van der Waals surface area contributed by atoms with Crippen molar-refractivity contribution in [2.75, 3.05) is 13.1 Å². The molecule has 0 saturated carbocycles. The van der Waals surface area contributed by atoms with Crippen molar-refractivity contribution in [3.63, 3.8) is 0 Å². The molecular weight excluding hydrogens is 448 g/mol. The molecule has 7 nitrogen and oxygen atoms in total. The summed E-state index contributed by atoms with van der Waals surface area (Å²) in [7, 11) is 0. The Morgan fingerprint density at radius 2 is 1.08 bits per heavy atom. The summed E-state index contributed by atoms with van der Waals surface area (Å²) >= 11 is 0. The molecule has 6 heterocycles. The molecule has 2 saturated heterocycles. The van der Waals surface area contributed by atoms with Crippen LogP contribution in [0.25, 0.3) is 0 Å². The zero-order valence-corrected chi connectivity index (χ0v) is 20.0. The smallest absolute Gasteiger partial charge is 0.145 e. The Labute approximate surface area is 210 Å². The molecule has 0 spiro atoms. The summed E-state index contributed by atoms with van der Waals surface area (Å²) in [5.74, 6) is -0.104. The SMILES string of the molecule is O=C1C2CN(Cc3ccccn3)CC1C(c1ccccn1)N(Cc1ccccn1)C2c1ccccn1. The van der Waals surface area contributed by atoms with Gasteiger partial charge in [-0.25, -0.2) is 0 Å². The van der Waals surface area contributed by atoms with Gasteiger partial charge in [0.15, 0.2) is 0 Å². The van der Waals surface area contributed by atoms with Crippen LogP contribution in [0.4, 0.5) is 0 Å². The second-order valence-corrected chi connectivity index (χ2v) is 9.52. The maximum absolute atomic E-state index is 14.0. The molecule has 0 amide bonds. The molecular formula is C29H28N6O. The molecule has 2 aliphatic heterocycles. The molecule has 180 valence electrons. The second-order valence-electron chi connectivity index (χ2n) is 9.52. The van der Waals surface area contributed by atoms with Gasteiger partial charge in [-0.3, -0.25) is 34.5 Å². The van der Waals surface area contributed by atoms with Crippen molar-refractivity contribution in [3.8, 4) is 0 Å². The monoisotopic (exact) mass is 476 g/mol. The Bertz CT molecular complexity index is 1230. The van der Waals surface area contributed by atoms with Crippen LogP contribution >= 0.6 is 0 Å². The van der Waals surface area contributed by atoms with E-state index in [9.17, 15) is 4.79 Å². The highest BCUT2D eigenvalue weighted by molar-refractivity contribution is 5.87. The Morgan fingerprint density at radius 3 is 1.53 bits per heavy atom. The number of carbonyl (C=O) groups excluding carboxylic acids is 1. The van der Waals surface area contributed by atoms with Crippen LogP contribution < -0.4 is 0 Å². The van der Waals surface area contributed by atoms with E-state index in [1.807, 2.05) is 97.6 Å². The van der Waals surface area contributed by atoms with Gasteiger partial charge in [0.1, 0.15) is 5.78 Å². The normalized spacial score (nSPS) is 24.5. The minimum absolute atomic E-state index is 0.185. The third-order valence-corrected chi connectivity index (χ3v) is 7.28. The molecule has 2 aliphatic rings. The number of hydrogen-bond acceptors (Lipinski definition) is 7. The van der Waals surface area contributed by atoms with Crippen LogP contribution in [-0.2, 0) is 17.9 Å². The summed E-state index contributed by atoms with van der Waals surface area (Å²) in [4.78, 5) is 37.5. The highest BCUT2D eigenvalue weighted by Gasteiger charge is 2.53. The number of carbonyl (C=O) groups is 1. The van der Waals surface area contributed by atoms with E-state index in [4.69, 9.17) is 9.97 Å². The number of Topliss-reactive ketones (excluding diaryl/α,β-unsaturated/α-hetero) is 1. The van der Waals surface area contributed by atoms with Gasteiger partial charge < -0.3 is 0 Å². The quantitative estimate of drug-likeness (QED) is 0.418. The number of aromatic nitrogens is 4. The van der Waals surface area contributed by atoms with E-state index in [0.717, 1.165) is 22.8 Å².